The number of carbonyl (C=O) groups excluding carboxylic acids is 1. The van der Waals surface area contributed by atoms with Crippen LogP contribution < -0.4 is 5.32 Å². The minimum atomic E-state index is -2.46. The van der Waals surface area contributed by atoms with Crippen LogP contribution in [-0.2, 0) is 9.53 Å². The van der Waals surface area contributed by atoms with Crippen molar-refractivity contribution in [1.82, 2.24) is 5.32 Å². The van der Waals surface area contributed by atoms with Crippen molar-refractivity contribution in [3.05, 3.63) is 0 Å². The number of hydrogen-bond donors (Lipinski definition) is 1. The van der Waals surface area contributed by atoms with Crippen molar-refractivity contribution in [3.63, 3.8) is 0 Å². The Bertz CT molecular complexity index is 141. The SMILES string of the molecule is CCOC(=O)CNC(C)C(F)F. The number of ether oxygens (including phenoxy) is 1. The van der Waals surface area contributed by atoms with Crippen LogP contribution in [0.25, 0.3) is 0 Å². The Morgan fingerprint density at radius 3 is 2.58 bits per heavy atom. The van der Waals surface area contributed by atoms with E-state index in [2.05, 4.69) is 10.1 Å². The average Bonchev–Trinajstić information content (AvgIpc) is 2.00. The Morgan fingerprint density at radius 1 is 1.58 bits per heavy atom. The summed E-state index contributed by atoms with van der Waals surface area (Å²) in [7, 11) is 0. The van der Waals surface area contributed by atoms with Gasteiger partial charge in [-0.15, -0.1) is 0 Å². The Morgan fingerprint density at radius 2 is 2.17 bits per heavy atom. The topological polar surface area (TPSA) is 38.3 Å². The van der Waals surface area contributed by atoms with Gasteiger partial charge in [0.2, 0.25) is 0 Å². The average molecular weight is 181 g/mol. The van der Waals surface area contributed by atoms with Crippen LogP contribution in [0.5, 0.6) is 0 Å². The number of alkyl halides is 2. The zero-order valence-corrected chi connectivity index (χ0v) is 7.14. The lowest BCUT2D eigenvalue weighted by molar-refractivity contribution is -0.142. The predicted octanol–water partition coefficient (Wildman–Crippen LogP) is 0.793. The highest BCUT2D eigenvalue weighted by atomic mass is 19.3. The summed E-state index contributed by atoms with van der Waals surface area (Å²) in [6.07, 6.45) is -2.46. The lowest BCUT2D eigenvalue weighted by Gasteiger charge is -2.11. The van der Waals surface area contributed by atoms with Crippen LogP contribution in [0.15, 0.2) is 0 Å². The second-order valence-corrected chi connectivity index (χ2v) is 2.31. The van der Waals surface area contributed by atoms with Gasteiger partial charge in [-0.2, -0.15) is 0 Å². The van der Waals surface area contributed by atoms with Gasteiger partial charge in [-0.25, -0.2) is 8.78 Å². The molecule has 0 saturated carbocycles. The van der Waals surface area contributed by atoms with Crippen molar-refractivity contribution >= 4 is 5.97 Å². The second-order valence-electron chi connectivity index (χ2n) is 2.31. The molecule has 0 fully saturated rings. The predicted molar refractivity (Wildman–Crippen MR) is 40.1 cm³/mol. The lowest BCUT2D eigenvalue weighted by atomic mass is 10.3. The summed E-state index contributed by atoms with van der Waals surface area (Å²) in [4.78, 5) is 10.6. The maximum absolute atomic E-state index is 11.8. The van der Waals surface area contributed by atoms with Gasteiger partial charge in [-0.1, -0.05) is 0 Å². The molecule has 0 spiro atoms. The molecule has 0 aromatic carbocycles. The summed E-state index contributed by atoms with van der Waals surface area (Å²) in [6.45, 7) is 3.07. The molecule has 0 rings (SSSR count). The molecule has 12 heavy (non-hydrogen) atoms. The van der Waals surface area contributed by atoms with E-state index in [0.717, 1.165) is 0 Å². The number of esters is 1. The van der Waals surface area contributed by atoms with E-state index < -0.39 is 18.4 Å². The fourth-order valence-electron chi connectivity index (χ4n) is 0.545. The van der Waals surface area contributed by atoms with Crippen LogP contribution in [0.1, 0.15) is 13.8 Å². The minimum absolute atomic E-state index is 0.167. The molecule has 72 valence electrons. The molecule has 0 radical (unpaired) electrons. The van der Waals surface area contributed by atoms with E-state index in [4.69, 9.17) is 0 Å². The van der Waals surface area contributed by atoms with Crippen molar-refractivity contribution < 1.29 is 18.3 Å². The van der Waals surface area contributed by atoms with E-state index in [0.29, 0.717) is 0 Å². The first kappa shape index (κ1) is 11.3. The largest absolute Gasteiger partial charge is 0.465 e. The van der Waals surface area contributed by atoms with Gasteiger partial charge in [-0.05, 0) is 13.8 Å². The maximum Gasteiger partial charge on any atom is 0.319 e. The zero-order valence-electron chi connectivity index (χ0n) is 7.14. The number of halogens is 2. The third kappa shape index (κ3) is 5.01. The molecule has 0 aliphatic rings. The van der Waals surface area contributed by atoms with Gasteiger partial charge < -0.3 is 4.74 Å². The molecule has 0 amide bonds. The summed E-state index contributed by atoms with van der Waals surface area (Å²) in [5.74, 6) is -0.509. The summed E-state index contributed by atoms with van der Waals surface area (Å²) in [5.41, 5.74) is 0. The van der Waals surface area contributed by atoms with Gasteiger partial charge >= 0.3 is 5.97 Å². The molecule has 1 unspecified atom stereocenters. The van der Waals surface area contributed by atoms with E-state index in [1.807, 2.05) is 0 Å². The van der Waals surface area contributed by atoms with E-state index in [9.17, 15) is 13.6 Å². The van der Waals surface area contributed by atoms with Crippen molar-refractivity contribution in [2.45, 2.75) is 26.3 Å². The summed E-state index contributed by atoms with van der Waals surface area (Å²) in [6, 6.07) is -0.977. The normalized spacial score (nSPS) is 13.1. The van der Waals surface area contributed by atoms with Gasteiger partial charge in [-0.3, -0.25) is 10.1 Å². The molecule has 0 heterocycles. The molecule has 0 bridgehead atoms. The number of rotatable bonds is 5. The number of hydrogen-bond acceptors (Lipinski definition) is 3. The third-order valence-electron chi connectivity index (χ3n) is 1.25. The van der Waals surface area contributed by atoms with E-state index >= 15 is 0 Å². The van der Waals surface area contributed by atoms with Gasteiger partial charge in [0.15, 0.2) is 0 Å². The first-order valence-corrected chi connectivity index (χ1v) is 3.75. The van der Waals surface area contributed by atoms with Crippen LogP contribution in [0, 0.1) is 0 Å². The Hall–Kier alpha value is -0.710. The number of carbonyl (C=O) groups is 1. The first-order chi connectivity index (χ1) is 5.57. The minimum Gasteiger partial charge on any atom is -0.465 e. The van der Waals surface area contributed by atoms with Gasteiger partial charge in [0.05, 0.1) is 19.2 Å². The van der Waals surface area contributed by atoms with Crippen LogP contribution in [0.2, 0.25) is 0 Å². The first-order valence-electron chi connectivity index (χ1n) is 3.75. The molecular formula is C7H13F2NO2. The molecule has 1 N–H and O–H groups in total. The molecular weight excluding hydrogens is 168 g/mol. The van der Waals surface area contributed by atoms with E-state index in [1.165, 1.54) is 6.92 Å². The maximum atomic E-state index is 11.8. The molecule has 1 atom stereocenters. The van der Waals surface area contributed by atoms with E-state index in [-0.39, 0.29) is 13.2 Å². The Labute approximate surface area is 70.1 Å². The smallest absolute Gasteiger partial charge is 0.319 e. The molecule has 0 saturated heterocycles. The summed E-state index contributed by atoms with van der Waals surface area (Å²) in [5, 5.41) is 2.34. The Kier molecular flexibility index (Phi) is 5.53. The molecule has 0 aliphatic heterocycles. The van der Waals surface area contributed by atoms with Gasteiger partial charge in [0, 0.05) is 0 Å². The van der Waals surface area contributed by atoms with Crippen LogP contribution in [0.3, 0.4) is 0 Å². The third-order valence-corrected chi connectivity index (χ3v) is 1.25. The fourth-order valence-corrected chi connectivity index (χ4v) is 0.545. The van der Waals surface area contributed by atoms with Gasteiger partial charge in [0.25, 0.3) is 6.43 Å². The second kappa shape index (κ2) is 5.88. The number of nitrogens with one attached hydrogen (secondary N) is 1. The molecule has 0 aromatic rings. The van der Waals surface area contributed by atoms with Gasteiger partial charge in [0.1, 0.15) is 0 Å². The van der Waals surface area contributed by atoms with Crippen LogP contribution in [-0.4, -0.2) is 31.6 Å². The van der Waals surface area contributed by atoms with Crippen LogP contribution in [0.4, 0.5) is 8.78 Å². The van der Waals surface area contributed by atoms with Crippen molar-refractivity contribution in [1.29, 1.82) is 0 Å². The molecule has 5 heteroatoms. The van der Waals surface area contributed by atoms with Crippen molar-refractivity contribution in [2.75, 3.05) is 13.2 Å². The quantitative estimate of drug-likeness (QED) is 0.637. The zero-order chi connectivity index (χ0) is 9.56. The molecule has 0 aliphatic carbocycles. The monoisotopic (exact) mass is 181 g/mol. The van der Waals surface area contributed by atoms with E-state index in [1.54, 1.807) is 6.92 Å². The van der Waals surface area contributed by atoms with Crippen LogP contribution >= 0.6 is 0 Å². The molecule has 3 nitrogen and oxygen atoms in total. The van der Waals surface area contributed by atoms with Crippen molar-refractivity contribution in [2.24, 2.45) is 0 Å². The van der Waals surface area contributed by atoms with Crippen molar-refractivity contribution in [3.8, 4) is 0 Å². The summed E-state index contributed by atoms with van der Waals surface area (Å²) < 4.78 is 28.2. The fraction of sp³-hybridized carbons (Fsp3) is 0.857. The Balaban J connectivity index is 3.47. The lowest BCUT2D eigenvalue weighted by Crippen LogP contribution is -2.37. The highest BCUT2D eigenvalue weighted by molar-refractivity contribution is 5.71. The molecule has 0 aromatic heterocycles. The standard InChI is InChI=1S/C7H13F2NO2/c1-3-12-6(11)4-10-5(2)7(8)9/h5,7,10H,3-4H2,1-2H3. The summed E-state index contributed by atoms with van der Waals surface area (Å²) >= 11 is 0. The highest BCUT2D eigenvalue weighted by Crippen LogP contribution is 1.98. The highest BCUT2D eigenvalue weighted by Gasteiger charge is 2.14.